The van der Waals surface area contributed by atoms with Crippen molar-refractivity contribution in [3.8, 4) is 11.8 Å². The van der Waals surface area contributed by atoms with Gasteiger partial charge in [-0.1, -0.05) is 35.9 Å². The third-order valence-corrected chi connectivity index (χ3v) is 5.46. The number of anilines is 1. The summed E-state index contributed by atoms with van der Waals surface area (Å²) in [4.78, 5) is 10.8. The lowest BCUT2D eigenvalue weighted by molar-refractivity contribution is -0.384. The first-order valence-electron chi connectivity index (χ1n) is 8.59. The molecule has 0 spiro atoms. The van der Waals surface area contributed by atoms with Gasteiger partial charge >= 0.3 is 0 Å². The van der Waals surface area contributed by atoms with E-state index in [4.69, 9.17) is 21.6 Å². The molecule has 0 saturated carbocycles. The molecule has 0 radical (unpaired) electrons. The van der Waals surface area contributed by atoms with Crippen LogP contribution in [0.25, 0.3) is 0 Å². The van der Waals surface area contributed by atoms with Crippen molar-refractivity contribution >= 4 is 23.0 Å². The molecule has 0 saturated heterocycles. The van der Waals surface area contributed by atoms with Crippen LogP contribution in [0.2, 0.25) is 5.02 Å². The summed E-state index contributed by atoms with van der Waals surface area (Å²) in [6, 6.07) is 12.6. The van der Waals surface area contributed by atoms with Crippen molar-refractivity contribution < 1.29 is 9.66 Å². The van der Waals surface area contributed by atoms with E-state index >= 15 is 0 Å². The van der Waals surface area contributed by atoms with Gasteiger partial charge in [-0.15, -0.1) is 0 Å². The highest BCUT2D eigenvalue weighted by Gasteiger charge is 2.39. The number of halogens is 1. The van der Waals surface area contributed by atoms with E-state index in [0.717, 1.165) is 23.2 Å². The lowest BCUT2D eigenvalue weighted by atomic mass is 9.77. The van der Waals surface area contributed by atoms with E-state index in [9.17, 15) is 10.1 Å². The Kier molecular flexibility index (Phi) is 4.46. The minimum Gasteiger partial charge on any atom is -0.479 e. The van der Waals surface area contributed by atoms with Gasteiger partial charge in [0, 0.05) is 18.1 Å². The van der Waals surface area contributed by atoms with E-state index in [-0.39, 0.29) is 30.2 Å². The van der Waals surface area contributed by atoms with Gasteiger partial charge in [-0.3, -0.25) is 10.1 Å². The molecule has 6 nitrogen and oxygen atoms in total. The second-order valence-electron chi connectivity index (χ2n) is 6.64. The zero-order chi connectivity index (χ0) is 19.0. The van der Waals surface area contributed by atoms with Crippen LogP contribution in [-0.4, -0.2) is 11.5 Å². The quantitative estimate of drug-likeness (QED) is 0.458. The maximum atomic E-state index is 11.2. The van der Waals surface area contributed by atoms with E-state index in [1.807, 2.05) is 30.3 Å². The lowest BCUT2D eigenvalue weighted by Gasteiger charge is -2.37. The molecule has 4 rings (SSSR count). The molecule has 2 aromatic rings. The van der Waals surface area contributed by atoms with Crippen LogP contribution < -0.4 is 10.1 Å². The van der Waals surface area contributed by atoms with E-state index in [0.29, 0.717) is 10.8 Å². The molecule has 0 fully saturated rings. The Labute approximate surface area is 161 Å². The van der Waals surface area contributed by atoms with Gasteiger partial charge in [0.25, 0.3) is 5.69 Å². The van der Waals surface area contributed by atoms with Crippen molar-refractivity contribution in [2.45, 2.75) is 18.4 Å². The molecule has 1 N–H and O–H groups in total. The van der Waals surface area contributed by atoms with Crippen molar-refractivity contribution in [3.63, 3.8) is 0 Å². The first-order valence-corrected chi connectivity index (χ1v) is 8.97. The third kappa shape index (κ3) is 3.11. The Morgan fingerprint density at radius 3 is 2.81 bits per heavy atom. The molecule has 1 aliphatic heterocycles. The second kappa shape index (κ2) is 6.93. The molecule has 3 atom stereocenters. The number of allylic oxidation sites excluding steroid dienone is 2. The number of fused-ring (bicyclic) bond motifs is 3. The highest BCUT2D eigenvalue weighted by molar-refractivity contribution is 6.33. The van der Waals surface area contributed by atoms with Crippen LogP contribution in [0.1, 0.15) is 29.5 Å². The van der Waals surface area contributed by atoms with Crippen molar-refractivity contribution in [2.24, 2.45) is 5.92 Å². The summed E-state index contributed by atoms with van der Waals surface area (Å²) in [6.07, 6.45) is 5.12. The number of nitrogens with zero attached hydrogens (tertiary/aromatic N) is 2. The first-order chi connectivity index (χ1) is 13.1. The summed E-state index contributed by atoms with van der Waals surface area (Å²) in [5, 5.41) is 23.7. The Morgan fingerprint density at radius 1 is 1.33 bits per heavy atom. The van der Waals surface area contributed by atoms with Gasteiger partial charge in [0.05, 0.1) is 21.7 Å². The lowest BCUT2D eigenvalue weighted by Crippen LogP contribution is -2.29. The zero-order valence-corrected chi connectivity index (χ0v) is 15.0. The minimum absolute atomic E-state index is 0.0112. The van der Waals surface area contributed by atoms with Crippen molar-refractivity contribution in [1.82, 2.24) is 0 Å². The summed E-state index contributed by atoms with van der Waals surface area (Å²) in [5.41, 5.74) is 2.72. The average molecular weight is 382 g/mol. The smallest absolute Gasteiger partial charge is 0.271 e. The number of nitro groups is 1. The number of nitrogens with one attached hydrogen (secondary N) is 1. The zero-order valence-electron chi connectivity index (χ0n) is 14.3. The number of hydrogen-bond donors (Lipinski definition) is 1. The van der Waals surface area contributed by atoms with Gasteiger partial charge in [-0.05, 0) is 35.6 Å². The molecule has 0 bridgehead atoms. The Bertz CT molecular complexity index is 966. The fourth-order valence-corrected chi connectivity index (χ4v) is 4.24. The fraction of sp³-hybridized carbons (Fsp3) is 0.250. The summed E-state index contributed by atoms with van der Waals surface area (Å²) in [6.45, 7) is 0.0113. The molecule has 0 amide bonds. The van der Waals surface area contributed by atoms with Gasteiger partial charge in [0.15, 0.2) is 6.61 Å². The maximum Gasteiger partial charge on any atom is 0.271 e. The number of nitro benzene ring substituents is 1. The molecule has 0 unspecified atom stereocenters. The van der Waals surface area contributed by atoms with Crippen molar-refractivity contribution in [1.29, 1.82) is 5.26 Å². The van der Waals surface area contributed by atoms with Gasteiger partial charge in [0.1, 0.15) is 11.8 Å². The highest BCUT2D eigenvalue weighted by Crippen LogP contribution is 2.52. The molecule has 1 aliphatic carbocycles. The van der Waals surface area contributed by atoms with E-state index in [1.165, 1.54) is 6.07 Å². The number of nitriles is 1. The predicted octanol–water partition coefficient (Wildman–Crippen LogP) is 4.98. The minimum atomic E-state index is -0.411. The molecule has 136 valence electrons. The third-order valence-electron chi connectivity index (χ3n) is 5.16. The van der Waals surface area contributed by atoms with Crippen molar-refractivity contribution in [2.75, 3.05) is 11.9 Å². The first kappa shape index (κ1) is 17.4. The summed E-state index contributed by atoms with van der Waals surface area (Å²) >= 11 is 6.38. The average Bonchev–Trinajstić information content (AvgIpc) is 3.16. The number of benzene rings is 2. The Morgan fingerprint density at radius 2 is 2.11 bits per heavy atom. The van der Waals surface area contributed by atoms with Gasteiger partial charge in [-0.2, -0.15) is 5.26 Å². The fourth-order valence-electron chi connectivity index (χ4n) is 3.96. The number of rotatable bonds is 4. The summed E-state index contributed by atoms with van der Waals surface area (Å²) in [7, 11) is 0. The number of hydrogen-bond acceptors (Lipinski definition) is 5. The molecule has 1 heterocycles. The van der Waals surface area contributed by atoms with Gasteiger partial charge in [-0.25, -0.2) is 0 Å². The van der Waals surface area contributed by atoms with Crippen LogP contribution in [0, 0.1) is 27.4 Å². The van der Waals surface area contributed by atoms with Crippen LogP contribution in [0.3, 0.4) is 0 Å². The van der Waals surface area contributed by atoms with Gasteiger partial charge < -0.3 is 10.1 Å². The molecular formula is C20H16ClN3O3. The monoisotopic (exact) mass is 381 g/mol. The topological polar surface area (TPSA) is 88.2 Å². The van der Waals surface area contributed by atoms with Crippen LogP contribution in [0.15, 0.2) is 48.6 Å². The second-order valence-corrected chi connectivity index (χ2v) is 7.05. The Balaban J connectivity index is 1.70. The standard InChI is InChI=1S/C20H16ClN3O3/c21-18-11-13(24(25)26)10-17-15-2-1-3-16(15)19(23-20(17)18)12-4-6-14(7-5-12)27-9-8-22/h1-2,4-7,10-11,15-16,19,23H,3,9H2/t15-,16-,19-/m0/s1. The normalized spacial score (nSPS) is 22.3. The molecule has 2 aliphatic rings. The SMILES string of the molecule is N#CCOc1ccc([C@@H]2Nc3c(Cl)cc([N+](=O)[O-])cc3[C@H]3C=CC[C@@H]32)cc1. The number of non-ortho nitro benzene ring substituents is 1. The molecule has 2 aromatic carbocycles. The largest absolute Gasteiger partial charge is 0.479 e. The number of ether oxygens (including phenoxy) is 1. The highest BCUT2D eigenvalue weighted by atomic mass is 35.5. The van der Waals surface area contributed by atoms with E-state index < -0.39 is 4.92 Å². The molecule has 27 heavy (non-hydrogen) atoms. The molecule has 7 heteroatoms. The van der Waals surface area contributed by atoms with Crippen LogP contribution >= 0.6 is 11.6 Å². The maximum absolute atomic E-state index is 11.2. The van der Waals surface area contributed by atoms with Gasteiger partial charge in [0.2, 0.25) is 0 Å². The summed E-state index contributed by atoms with van der Waals surface area (Å²) < 4.78 is 5.32. The molecular weight excluding hydrogens is 366 g/mol. The molecule has 0 aromatic heterocycles. The van der Waals surface area contributed by atoms with Crippen LogP contribution in [0.4, 0.5) is 11.4 Å². The Hall–Kier alpha value is -3.04. The van der Waals surface area contributed by atoms with E-state index in [2.05, 4.69) is 17.5 Å². The predicted molar refractivity (Wildman–Crippen MR) is 102 cm³/mol. The van der Waals surface area contributed by atoms with Crippen molar-refractivity contribution in [3.05, 3.63) is 74.8 Å². The van der Waals surface area contributed by atoms with E-state index in [1.54, 1.807) is 6.07 Å². The van der Waals surface area contributed by atoms with Crippen LogP contribution in [0.5, 0.6) is 5.75 Å². The van der Waals surface area contributed by atoms with Crippen LogP contribution in [-0.2, 0) is 0 Å². The summed E-state index contributed by atoms with van der Waals surface area (Å²) in [5.74, 6) is 0.978.